The zero-order valence-corrected chi connectivity index (χ0v) is 24.8. The van der Waals surface area contributed by atoms with Crippen LogP contribution in [0.3, 0.4) is 0 Å². The molecule has 41 heavy (non-hydrogen) atoms. The molecule has 3 aromatic carbocycles. The van der Waals surface area contributed by atoms with E-state index in [4.69, 9.17) is 4.74 Å². The number of rotatable bonds is 11. The number of sulfonamides is 1. The van der Waals surface area contributed by atoms with E-state index >= 15 is 0 Å². The summed E-state index contributed by atoms with van der Waals surface area (Å²) in [5, 5.41) is 3.13. The largest absolute Gasteiger partial charge is 0.495 e. The molecule has 1 aliphatic rings. The van der Waals surface area contributed by atoms with Gasteiger partial charge in [-0.3, -0.25) is 13.9 Å². The molecule has 2 amide bonds. The smallest absolute Gasteiger partial charge is 0.264 e. The molecule has 0 heterocycles. The molecule has 9 heteroatoms. The molecule has 218 valence electrons. The summed E-state index contributed by atoms with van der Waals surface area (Å²) in [4.78, 5) is 29.1. The number of methoxy groups -OCH3 is 1. The number of ether oxygens (including phenoxy) is 1. The highest BCUT2D eigenvalue weighted by atomic mass is 32.2. The maximum Gasteiger partial charge on any atom is 0.264 e. The minimum atomic E-state index is -4.16. The molecule has 1 saturated carbocycles. The standard InChI is InChI=1S/C32H39N3O5S/c1-24-13-12-14-26(21-24)22-34(25(2)32(37)33-27-15-6-4-7-16-27)31(36)23-35(29-19-10-11-20-30(29)40-3)41(38,39)28-17-8-5-9-18-28/h5,8-14,17-21,25,27H,4,6-7,15-16,22-23H2,1-3H3,(H,33,37). The SMILES string of the molecule is COc1ccccc1N(CC(=O)N(Cc1cccc(C)c1)C(C)C(=O)NC1CCCCC1)S(=O)(=O)c1ccccc1. The molecule has 3 aromatic rings. The summed E-state index contributed by atoms with van der Waals surface area (Å²) in [5.41, 5.74) is 2.11. The van der Waals surface area contributed by atoms with Crippen LogP contribution in [0.5, 0.6) is 5.75 Å². The van der Waals surface area contributed by atoms with Crippen molar-refractivity contribution in [3.05, 3.63) is 90.0 Å². The number of aryl methyl sites for hydroxylation is 1. The number of carbonyl (C=O) groups excluding carboxylic acids is 2. The zero-order valence-electron chi connectivity index (χ0n) is 24.0. The Morgan fingerprint density at radius 3 is 2.32 bits per heavy atom. The van der Waals surface area contributed by atoms with Gasteiger partial charge < -0.3 is 15.0 Å². The Hall–Kier alpha value is -3.85. The van der Waals surface area contributed by atoms with Gasteiger partial charge in [-0.25, -0.2) is 8.42 Å². The Morgan fingerprint density at radius 2 is 1.63 bits per heavy atom. The van der Waals surface area contributed by atoms with Crippen molar-refractivity contribution in [2.45, 2.75) is 69.5 Å². The average molecular weight is 578 g/mol. The predicted octanol–water partition coefficient (Wildman–Crippen LogP) is 5.07. The third-order valence-corrected chi connectivity index (χ3v) is 9.29. The number of hydrogen-bond donors (Lipinski definition) is 1. The number of anilines is 1. The summed E-state index contributed by atoms with van der Waals surface area (Å²) in [6.45, 7) is 3.31. The van der Waals surface area contributed by atoms with Gasteiger partial charge in [-0.05, 0) is 56.5 Å². The van der Waals surface area contributed by atoms with Crippen molar-refractivity contribution in [2.24, 2.45) is 0 Å². The lowest BCUT2D eigenvalue weighted by molar-refractivity contribution is -0.139. The van der Waals surface area contributed by atoms with E-state index in [1.54, 1.807) is 49.4 Å². The second-order valence-corrected chi connectivity index (χ2v) is 12.4. The number of nitrogens with zero attached hydrogens (tertiary/aromatic N) is 2. The lowest BCUT2D eigenvalue weighted by atomic mass is 9.95. The summed E-state index contributed by atoms with van der Waals surface area (Å²) in [6, 6.07) is 21.7. The second-order valence-electron chi connectivity index (χ2n) is 10.5. The van der Waals surface area contributed by atoms with Crippen molar-refractivity contribution in [1.82, 2.24) is 10.2 Å². The molecule has 0 radical (unpaired) electrons. The highest BCUT2D eigenvalue weighted by Gasteiger charge is 2.34. The monoisotopic (exact) mass is 577 g/mol. The van der Waals surface area contributed by atoms with Crippen molar-refractivity contribution >= 4 is 27.5 Å². The molecule has 1 aliphatic carbocycles. The molecule has 0 aromatic heterocycles. The van der Waals surface area contributed by atoms with Gasteiger partial charge in [-0.15, -0.1) is 0 Å². The first kappa shape index (κ1) is 30.1. The Morgan fingerprint density at radius 1 is 0.951 bits per heavy atom. The number of benzene rings is 3. The van der Waals surface area contributed by atoms with Gasteiger partial charge in [0.25, 0.3) is 10.0 Å². The molecule has 1 atom stereocenters. The average Bonchev–Trinajstić information content (AvgIpc) is 2.99. The second kappa shape index (κ2) is 13.7. The fourth-order valence-electron chi connectivity index (χ4n) is 5.23. The van der Waals surface area contributed by atoms with E-state index in [0.29, 0.717) is 5.75 Å². The van der Waals surface area contributed by atoms with Gasteiger partial charge in [0, 0.05) is 12.6 Å². The van der Waals surface area contributed by atoms with Crippen molar-refractivity contribution < 1.29 is 22.7 Å². The van der Waals surface area contributed by atoms with Crippen molar-refractivity contribution in [3.63, 3.8) is 0 Å². The number of carbonyl (C=O) groups is 2. The molecule has 0 spiro atoms. The van der Waals surface area contributed by atoms with E-state index in [9.17, 15) is 18.0 Å². The van der Waals surface area contributed by atoms with Crippen LogP contribution in [0.1, 0.15) is 50.2 Å². The first-order valence-electron chi connectivity index (χ1n) is 14.1. The van der Waals surface area contributed by atoms with Crippen LogP contribution >= 0.6 is 0 Å². The van der Waals surface area contributed by atoms with Crippen molar-refractivity contribution in [1.29, 1.82) is 0 Å². The van der Waals surface area contributed by atoms with E-state index in [2.05, 4.69) is 5.32 Å². The summed E-state index contributed by atoms with van der Waals surface area (Å²) in [5.74, 6) is -0.427. The van der Waals surface area contributed by atoms with Crippen LogP contribution in [0.2, 0.25) is 0 Å². The number of nitrogens with one attached hydrogen (secondary N) is 1. The fourth-order valence-corrected chi connectivity index (χ4v) is 6.67. The molecule has 0 saturated heterocycles. The van der Waals surface area contributed by atoms with E-state index in [-0.39, 0.29) is 29.1 Å². The van der Waals surface area contributed by atoms with Gasteiger partial charge in [0.2, 0.25) is 11.8 Å². The summed E-state index contributed by atoms with van der Waals surface area (Å²) in [7, 11) is -2.70. The minimum absolute atomic E-state index is 0.0482. The van der Waals surface area contributed by atoms with Crippen molar-refractivity contribution in [2.75, 3.05) is 18.0 Å². The normalized spacial score (nSPS) is 14.6. The Kier molecular flexibility index (Phi) is 10.0. The van der Waals surface area contributed by atoms with Crippen LogP contribution < -0.4 is 14.4 Å². The van der Waals surface area contributed by atoms with Gasteiger partial charge in [0.05, 0.1) is 17.7 Å². The minimum Gasteiger partial charge on any atom is -0.495 e. The summed E-state index contributed by atoms with van der Waals surface area (Å²) in [6.07, 6.45) is 5.13. The number of hydrogen-bond acceptors (Lipinski definition) is 5. The van der Waals surface area contributed by atoms with Crippen LogP contribution in [0.4, 0.5) is 5.69 Å². The topological polar surface area (TPSA) is 96.0 Å². The molecular weight excluding hydrogens is 538 g/mol. The van der Waals surface area contributed by atoms with E-state index in [1.165, 1.54) is 24.1 Å². The molecule has 8 nitrogen and oxygen atoms in total. The molecule has 0 aliphatic heterocycles. The van der Waals surface area contributed by atoms with E-state index in [0.717, 1.165) is 47.5 Å². The quantitative estimate of drug-likeness (QED) is 0.344. The predicted molar refractivity (Wildman–Crippen MR) is 160 cm³/mol. The lowest BCUT2D eigenvalue weighted by Crippen LogP contribution is -2.53. The first-order chi connectivity index (χ1) is 19.7. The Bertz CT molecular complexity index is 1440. The third-order valence-electron chi connectivity index (χ3n) is 7.52. The molecule has 4 rings (SSSR count). The third kappa shape index (κ3) is 7.47. The van der Waals surface area contributed by atoms with Gasteiger partial charge >= 0.3 is 0 Å². The van der Waals surface area contributed by atoms with E-state index in [1.807, 2.05) is 31.2 Å². The lowest BCUT2D eigenvalue weighted by Gasteiger charge is -2.33. The van der Waals surface area contributed by atoms with E-state index < -0.39 is 28.5 Å². The molecule has 1 N–H and O–H groups in total. The maximum absolute atomic E-state index is 14.1. The maximum atomic E-state index is 14.1. The van der Waals surface area contributed by atoms with Gasteiger partial charge in [-0.2, -0.15) is 0 Å². The van der Waals surface area contributed by atoms with Gasteiger partial charge in [0.1, 0.15) is 18.3 Å². The fraction of sp³-hybridized carbons (Fsp3) is 0.375. The zero-order chi connectivity index (χ0) is 29.4. The molecule has 1 fully saturated rings. The van der Waals surface area contributed by atoms with Gasteiger partial charge in [-0.1, -0.05) is 79.4 Å². The van der Waals surface area contributed by atoms with Crippen LogP contribution in [-0.2, 0) is 26.2 Å². The van der Waals surface area contributed by atoms with Crippen molar-refractivity contribution in [3.8, 4) is 5.75 Å². The Balaban J connectivity index is 1.69. The van der Waals surface area contributed by atoms with Crippen LogP contribution in [-0.4, -0.2) is 50.9 Å². The highest BCUT2D eigenvalue weighted by molar-refractivity contribution is 7.92. The van der Waals surface area contributed by atoms with Gasteiger partial charge in [0.15, 0.2) is 0 Å². The number of para-hydroxylation sites is 2. The summed E-state index contributed by atoms with van der Waals surface area (Å²) >= 11 is 0. The molecule has 1 unspecified atom stereocenters. The van der Waals surface area contributed by atoms with Crippen LogP contribution in [0, 0.1) is 6.92 Å². The first-order valence-corrected chi connectivity index (χ1v) is 15.5. The summed E-state index contributed by atoms with van der Waals surface area (Å²) < 4.78 is 34.4. The van der Waals surface area contributed by atoms with Crippen LogP contribution in [0.15, 0.2) is 83.8 Å². The molecule has 0 bridgehead atoms. The Labute approximate surface area is 243 Å². The number of amides is 2. The highest BCUT2D eigenvalue weighted by Crippen LogP contribution is 2.32. The molecular formula is C32H39N3O5S. The van der Waals surface area contributed by atoms with Crippen LogP contribution in [0.25, 0.3) is 0 Å².